The largest absolute Gasteiger partial charge is 0.528 e. The van der Waals surface area contributed by atoms with E-state index in [2.05, 4.69) is 17.4 Å². The molecule has 0 radical (unpaired) electrons. The van der Waals surface area contributed by atoms with Gasteiger partial charge >= 0.3 is 18.2 Å². The Balaban J connectivity index is 1.30. The minimum absolute atomic E-state index is 0.0977. The number of carboxylic acid groups (broad SMARTS) is 1. The maximum absolute atomic E-state index is 12.8. The molecule has 2 fully saturated rings. The van der Waals surface area contributed by atoms with Gasteiger partial charge in [-0.2, -0.15) is 0 Å². The molecule has 12 heteroatoms. The summed E-state index contributed by atoms with van der Waals surface area (Å²) in [5.74, 6) is 0.103. The molecule has 1 atom stereocenters. The summed E-state index contributed by atoms with van der Waals surface area (Å²) in [7, 11) is 0. The average Bonchev–Trinajstić information content (AvgIpc) is 2.82. The molecule has 1 amide bonds. The van der Waals surface area contributed by atoms with Crippen LogP contribution in [0.3, 0.4) is 0 Å². The van der Waals surface area contributed by atoms with E-state index in [9.17, 15) is 24.6 Å². The number of carbonyl (C=O) groups is 3. The number of aliphatic carboxylic acids is 1. The van der Waals surface area contributed by atoms with Gasteiger partial charge in [0.2, 0.25) is 0 Å². The smallest absolute Gasteiger partial charge is 0.480 e. The Morgan fingerprint density at radius 1 is 1.25 bits per heavy atom. The van der Waals surface area contributed by atoms with Gasteiger partial charge in [0.05, 0.1) is 13.1 Å². The molecule has 1 aromatic rings. The lowest BCUT2D eigenvalue weighted by Gasteiger charge is -2.47. The van der Waals surface area contributed by atoms with E-state index >= 15 is 0 Å². The third-order valence-corrected chi connectivity index (χ3v) is 7.54. The number of hydroxylamine groups is 2. The number of rotatable bonds is 10. The van der Waals surface area contributed by atoms with Crippen LogP contribution in [0.2, 0.25) is 0 Å². The Bertz CT molecular complexity index is 1080. The normalized spacial score (nSPS) is 22.2. The van der Waals surface area contributed by atoms with Gasteiger partial charge in [0.1, 0.15) is 23.1 Å². The molecule has 0 aromatic carbocycles. The number of nitrogens with zero attached hydrogens (tertiary/aromatic N) is 3. The molecule has 3 aliphatic rings. The van der Waals surface area contributed by atoms with Crippen LogP contribution in [0, 0.1) is 5.92 Å². The standard InChI is InChI=1S/C28H42N4O8/c1-27(2,3)38-25(36)31-16-28(4,17-31)39-26(37)40-32(22(11-13-33)24(34)35)21-14-18(15-21)7-9-20-10-8-19-6-5-12-29-23(19)30-20/h8,10,18,21-22,33H,5-7,9,11-17H2,1-4H3,(H,29,30)(H,34,35)/t18?,21?,22-/m0/s1. The SMILES string of the molecule is CC(C)(C)OC(=O)N1CC(C)(OC(=O)ON(C2CC(CCc3ccc4c(n3)NCCC4)C2)[C@@H](CCO)C(=O)O)C1. The van der Waals surface area contributed by atoms with Gasteiger partial charge < -0.3 is 34.7 Å². The predicted molar refractivity (Wildman–Crippen MR) is 145 cm³/mol. The summed E-state index contributed by atoms with van der Waals surface area (Å²) in [4.78, 5) is 48.6. The lowest BCUT2D eigenvalue weighted by atomic mass is 9.76. The maximum Gasteiger partial charge on any atom is 0.528 e. The predicted octanol–water partition coefficient (Wildman–Crippen LogP) is 3.37. The number of nitrogens with one attached hydrogen (secondary N) is 1. The van der Waals surface area contributed by atoms with Crippen LogP contribution in [0.25, 0.3) is 0 Å². The first-order valence-electron chi connectivity index (χ1n) is 14.1. The van der Waals surface area contributed by atoms with Crippen molar-refractivity contribution in [3.63, 3.8) is 0 Å². The van der Waals surface area contributed by atoms with Crippen molar-refractivity contribution in [2.24, 2.45) is 5.92 Å². The lowest BCUT2D eigenvalue weighted by molar-refractivity contribution is -0.225. The number of hydrogen-bond donors (Lipinski definition) is 3. The Morgan fingerprint density at radius 3 is 2.62 bits per heavy atom. The lowest BCUT2D eigenvalue weighted by Crippen LogP contribution is -2.64. The summed E-state index contributed by atoms with van der Waals surface area (Å²) in [5.41, 5.74) is 0.645. The van der Waals surface area contributed by atoms with Gasteiger partial charge in [-0.1, -0.05) is 6.07 Å². The molecule has 2 aliphatic heterocycles. The average molecular weight is 563 g/mol. The van der Waals surface area contributed by atoms with E-state index in [-0.39, 0.29) is 32.2 Å². The van der Waals surface area contributed by atoms with Crippen molar-refractivity contribution >= 4 is 24.0 Å². The van der Waals surface area contributed by atoms with Crippen LogP contribution in [0.1, 0.15) is 71.1 Å². The van der Waals surface area contributed by atoms with Crippen molar-refractivity contribution < 1.29 is 38.9 Å². The summed E-state index contributed by atoms with van der Waals surface area (Å²) < 4.78 is 10.8. The zero-order valence-electron chi connectivity index (χ0n) is 23.9. The molecule has 3 heterocycles. The molecular formula is C28H42N4O8. The topological polar surface area (TPSA) is 151 Å². The fourth-order valence-electron chi connectivity index (χ4n) is 5.47. The van der Waals surface area contributed by atoms with Crippen molar-refractivity contribution in [3.8, 4) is 0 Å². The number of likely N-dealkylation sites (tertiary alicyclic amines) is 1. The van der Waals surface area contributed by atoms with E-state index in [1.807, 2.05) is 0 Å². The first-order valence-corrected chi connectivity index (χ1v) is 14.1. The number of amides is 1. The van der Waals surface area contributed by atoms with E-state index in [1.54, 1.807) is 27.7 Å². The van der Waals surface area contributed by atoms with Gasteiger partial charge in [-0.25, -0.2) is 14.6 Å². The molecule has 40 heavy (non-hydrogen) atoms. The van der Waals surface area contributed by atoms with E-state index in [0.29, 0.717) is 18.8 Å². The molecule has 4 rings (SSSR count). The van der Waals surface area contributed by atoms with Crippen LogP contribution in [-0.4, -0.2) is 92.9 Å². The van der Waals surface area contributed by atoms with Crippen molar-refractivity contribution in [2.45, 2.75) is 95.9 Å². The summed E-state index contributed by atoms with van der Waals surface area (Å²) >= 11 is 0. The number of aliphatic hydroxyl groups is 1. The first kappa shape index (κ1) is 29.9. The van der Waals surface area contributed by atoms with Crippen LogP contribution >= 0.6 is 0 Å². The second kappa shape index (κ2) is 12.2. The quantitative estimate of drug-likeness (QED) is 0.284. The molecule has 3 N–H and O–H groups in total. The third-order valence-electron chi connectivity index (χ3n) is 7.54. The minimum Gasteiger partial charge on any atom is -0.480 e. The highest BCUT2D eigenvalue weighted by atomic mass is 16.8. The molecule has 12 nitrogen and oxygen atoms in total. The van der Waals surface area contributed by atoms with Crippen molar-refractivity contribution in [2.75, 3.05) is 31.6 Å². The van der Waals surface area contributed by atoms with Gasteiger partial charge in [0.25, 0.3) is 0 Å². The van der Waals surface area contributed by atoms with Crippen LogP contribution in [0.4, 0.5) is 15.4 Å². The molecule has 1 aromatic heterocycles. The highest BCUT2D eigenvalue weighted by molar-refractivity contribution is 5.74. The maximum atomic E-state index is 12.8. The van der Waals surface area contributed by atoms with Crippen molar-refractivity contribution in [1.82, 2.24) is 14.9 Å². The number of pyridine rings is 1. The van der Waals surface area contributed by atoms with Crippen LogP contribution in [-0.2, 0) is 31.9 Å². The summed E-state index contributed by atoms with van der Waals surface area (Å²) in [6, 6.07) is 2.69. The number of aliphatic hydroxyl groups excluding tert-OH is 1. The van der Waals surface area contributed by atoms with E-state index in [4.69, 9.17) is 19.3 Å². The monoisotopic (exact) mass is 562 g/mol. The van der Waals surface area contributed by atoms with Crippen LogP contribution in [0.15, 0.2) is 12.1 Å². The number of carboxylic acids is 1. The zero-order chi connectivity index (χ0) is 29.1. The van der Waals surface area contributed by atoms with E-state index in [1.165, 1.54) is 15.5 Å². The molecule has 0 bridgehead atoms. The molecule has 222 valence electrons. The zero-order valence-corrected chi connectivity index (χ0v) is 23.9. The number of anilines is 1. The number of hydrogen-bond acceptors (Lipinski definition) is 10. The highest BCUT2D eigenvalue weighted by Gasteiger charge is 2.48. The summed E-state index contributed by atoms with van der Waals surface area (Å²) in [6.45, 7) is 7.81. The first-order chi connectivity index (χ1) is 18.9. The van der Waals surface area contributed by atoms with Crippen LogP contribution in [0.5, 0.6) is 0 Å². The number of fused-ring (bicyclic) bond motifs is 1. The molecule has 1 saturated heterocycles. The van der Waals surface area contributed by atoms with Gasteiger partial charge in [-0.05, 0) is 90.2 Å². The number of aromatic nitrogens is 1. The Kier molecular flexibility index (Phi) is 9.09. The van der Waals surface area contributed by atoms with Crippen molar-refractivity contribution in [1.29, 1.82) is 0 Å². The number of carbonyl (C=O) groups excluding carboxylic acids is 2. The minimum atomic E-state index is -1.20. The summed E-state index contributed by atoms with van der Waals surface area (Å²) in [6.07, 6.45) is 3.51. The van der Waals surface area contributed by atoms with E-state index in [0.717, 1.165) is 43.7 Å². The number of ether oxygens (including phenoxy) is 2. The Labute approximate surface area is 234 Å². The van der Waals surface area contributed by atoms with Crippen molar-refractivity contribution in [3.05, 3.63) is 23.4 Å². The Hall–Kier alpha value is -3.12. The molecule has 1 aliphatic carbocycles. The van der Waals surface area contributed by atoms with Gasteiger partial charge in [0.15, 0.2) is 0 Å². The molecule has 0 unspecified atom stereocenters. The third kappa shape index (κ3) is 7.54. The molecule has 1 saturated carbocycles. The highest BCUT2D eigenvalue weighted by Crippen LogP contribution is 2.37. The fourth-order valence-corrected chi connectivity index (χ4v) is 5.47. The molecular weight excluding hydrogens is 520 g/mol. The summed E-state index contributed by atoms with van der Waals surface area (Å²) in [5, 5.41) is 23.8. The number of aryl methyl sites for hydroxylation is 2. The Morgan fingerprint density at radius 2 is 1.98 bits per heavy atom. The van der Waals surface area contributed by atoms with Gasteiger partial charge in [-0.3, -0.25) is 4.79 Å². The van der Waals surface area contributed by atoms with Gasteiger partial charge in [-0.15, -0.1) is 5.06 Å². The second-order valence-electron chi connectivity index (χ2n) is 12.3. The van der Waals surface area contributed by atoms with Crippen LogP contribution < -0.4 is 5.32 Å². The second-order valence-corrected chi connectivity index (χ2v) is 12.3. The van der Waals surface area contributed by atoms with Gasteiger partial charge in [0, 0.05) is 24.9 Å². The van der Waals surface area contributed by atoms with E-state index < -0.39 is 35.5 Å². The molecule has 0 spiro atoms. The fraction of sp³-hybridized carbons (Fsp3) is 0.714.